The number of rotatable bonds is 9. The molecular formula is C19H27NO4. The van der Waals surface area contributed by atoms with Gasteiger partial charge in [-0.25, -0.2) is 0 Å². The predicted molar refractivity (Wildman–Crippen MR) is 91.7 cm³/mol. The largest absolute Gasteiger partial charge is 0.481 e. The molecule has 1 aliphatic heterocycles. The lowest BCUT2D eigenvalue weighted by Gasteiger charge is -2.22. The minimum Gasteiger partial charge on any atom is -0.481 e. The fraction of sp³-hybridized carbons (Fsp3) is 0.579. The number of ether oxygens (including phenoxy) is 1. The highest BCUT2D eigenvalue weighted by atomic mass is 16.5. The molecule has 24 heavy (non-hydrogen) atoms. The van der Waals surface area contributed by atoms with Gasteiger partial charge in [-0.05, 0) is 43.6 Å². The highest BCUT2D eigenvalue weighted by Gasteiger charge is 2.18. The van der Waals surface area contributed by atoms with E-state index in [-0.39, 0.29) is 18.4 Å². The van der Waals surface area contributed by atoms with Gasteiger partial charge in [-0.3, -0.25) is 9.59 Å². The molecule has 0 bridgehead atoms. The zero-order valence-corrected chi connectivity index (χ0v) is 14.1. The number of aliphatic carboxylic acids is 1. The lowest BCUT2D eigenvalue weighted by Crippen LogP contribution is -2.37. The average Bonchev–Trinajstić information content (AvgIpc) is 2.60. The molecule has 1 heterocycles. The number of carboxylic acids is 1. The molecule has 1 atom stereocenters. The minimum absolute atomic E-state index is 0.0211. The number of benzene rings is 1. The van der Waals surface area contributed by atoms with E-state index in [4.69, 9.17) is 9.84 Å². The van der Waals surface area contributed by atoms with E-state index in [9.17, 15) is 9.59 Å². The van der Waals surface area contributed by atoms with E-state index in [2.05, 4.69) is 5.32 Å². The fourth-order valence-corrected chi connectivity index (χ4v) is 3.09. The standard InChI is InChI=1S/C19H27NO4/c21-18(8-6-15-10-12-24-13-11-15)20-17(7-9-19(22)23)14-16-4-2-1-3-5-16/h1-5,15,17H,6-14H2,(H,20,21)(H,22,23). The van der Waals surface area contributed by atoms with Crippen molar-refractivity contribution in [3.63, 3.8) is 0 Å². The van der Waals surface area contributed by atoms with Gasteiger partial charge in [-0.2, -0.15) is 0 Å². The minimum atomic E-state index is -0.829. The van der Waals surface area contributed by atoms with Crippen LogP contribution in [0.4, 0.5) is 0 Å². The Balaban J connectivity index is 1.81. The lowest BCUT2D eigenvalue weighted by atomic mass is 9.94. The Labute approximate surface area is 143 Å². The summed E-state index contributed by atoms with van der Waals surface area (Å²) in [5.41, 5.74) is 1.11. The highest BCUT2D eigenvalue weighted by Crippen LogP contribution is 2.20. The third-order valence-electron chi connectivity index (χ3n) is 4.52. The van der Waals surface area contributed by atoms with Gasteiger partial charge in [0.25, 0.3) is 0 Å². The van der Waals surface area contributed by atoms with Gasteiger partial charge < -0.3 is 15.2 Å². The van der Waals surface area contributed by atoms with Crippen molar-refractivity contribution in [2.45, 2.75) is 51.0 Å². The molecule has 1 fully saturated rings. The lowest BCUT2D eigenvalue weighted by molar-refractivity contribution is -0.137. The summed E-state index contributed by atoms with van der Waals surface area (Å²) in [5.74, 6) is -0.242. The second kappa shape index (κ2) is 10.1. The van der Waals surface area contributed by atoms with Crippen molar-refractivity contribution < 1.29 is 19.4 Å². The van der Waals surface area contributed by atoms with Gasteiger partial charge in [0, 0.05) is 32.1 Å². The Kier molecular flexibility index (Phi) is 7.75. The van der Waals surface area contributed by atoms with E-state index >= 15 is 0 Å². The molecule has 1 unspecified atom stereocenters. The number of nitrogens with one attached hydrogen (secondary N) is 1. The van der Waals surface area contributed by atoms with E-state index in [1.807, 2.05) is 30.3 Å². The molecular weight excluding hydrogens is 306 g/mol. The van der Waals surface area contributed by atoms with Crippen LogP contribution < -0.4 is 5.32 Å². The Morgan fingerprint density at radius 2 is 1.88 bits per heavy atom. The van der Waals surface area contributed by atoms with Crippen LogP contribution in [0.1, 0.15) is 44.1 Å². The zero-order valence-electron chi connectivity index (χ0n) is 14.1. The van der Waals surface area contributed by atoms with Gasteiger partial charge >= 0.3 is 5.97 Å². The van der Waals surface area contributed by atoms with Gasteiger partial charge in [0.15, 0.2) is 0 Å². The highest BCUT2D eigenvalue weighted by molar-refractivity contribution is 5.76. The molecule has 1 aromatic carbocycles. The number of carbonyl (C=O) groups is 2. The van der Waals surface area contributed by atoms with Crippen molar-refractivity contribution in [1.29, 1.82) is 0 Å². The van der Waals surface area contributed by atoms with Crippen molar-refractivity contribution in [2.75, 3.05) is 13.2 Å². The first kappa shape index (κ1) is 18.5. The molecule has 0 radical (unpaired) electrons. The smallest absolute Gasteiger partial charge is 0.303 e. The average molecular weight is 333 g/mol. The molecule has 1 aliphatic rings. The Morgan fingerprint density at radius 3 is 2.54 bits per heavy atom. The van der Waals surface area contributed by atoms with Crippen LogP contribution >= 0.6 is 0 Å². The molecule has 1 amide bonds. The van der Waals surface area contributed by atoms with E-state index in [1.165, 1.54) is 0 Å². The summed E-state index contributed by atoms with van der Waals surface area (Å²) in [7, 11) is 0. The SMILES string of the molecule is O=C(O)CCC(Cc1ccccc1)NC(=O)CCC1CCOCC1. The van der Waals surface area contributed by atoms with E-state index in [0.29, 0.717) is 25.2 Å². The van der Waals surface area contributed by atoms with E-state index in [1.54, 1.807) is 0 Å². The summed E-state index contributed by atoms with van der Waals surface area (Å²) in [4.78, 5) is 23.1. The number of carbonyl (C=O) groups excluding carboxylic acids is 1. The summed E-state index contributed by atoms with van der Waals surface area (Å²) in [6, 6.07) is 9.73. The third-order valence-corrected chi connectivity index (χ3v) is 4.52. The van der Waals surface area contributed by atoms with Crippen molar-refractivity contribution >= 4 is 11.9 Å². The molecule has 0 spiro atoms. The molecule has 2 N–H and O–H groups in total. The van der Waals surface area contributed by atoms with Crippen molar-refractivity contribution in [3.05, 3.63) is 35.9 Å². The summed E-state index contributed by atoms with van der Waals surface area (Å²) >= 11 is 0. The summed E-state index contributed by atoms with van der Waals surface area (Å²) < 4.78 is 5.34. The molecule has 132 valence electrons. The maximum absolute atomic E-state index is 12.2. The van der Waals surface area contributed by atoms with E-state index < -0.39 is 5.97 Å². The third kappa shape index (κ3) is 7.13. The fourth-order valence-electron chi connectivity index (χ4n) is 3.09. The number of amides is 1. The molecule has 1 aromatic rings. The molecule has 0 aliphatic carbocycles. The van der Waals surface area contributed by atoms with Crippen LogP contribution in [-0.2, 0) is 20.7 Å². The quantitative estimate of drug-likeness (QED) is 0.728. The van der Waals surface area contributed by atoms with Gasteiger partial charge in [-0.1, -0.05) is 30.3 Å². The molecule has 5 heteroatoms. The van der Waals surface area contributed by atoms with Crippen LogP contribution in [0.2, 0.25) is 0 Å². The van der Waals surface area contributed by atoms with Crippen LogP contribution in [0, 0.1) is 5.92 Å². The summed E-state index contributed by atoms with van der Waals surface area (Å²) in [6.07, 6.45) is 4.62. The predicted octanol–water partition coefficient (Wildman–Crippen LogP) is 2.79. The van der Waals surface area contributed by atoms with Gasteiger partial charge in [-0.15, -0.1) is 0 Å². The first-order valence-corrected chi connectivity index (χ1v) is 8.76. The van der Waals surface area contributed by atoms with Crippen LogP contribution in [0.15, 0.2) is 30.3 Å². The second-order valence-electron chi connectivity index (χ2n) is 6.48. The second-order valence-corrected chi connectivity index (χ2v) is 6.48. The van der Waals surface area contributed by atoms with Crippen molar-refractivity contribution in [1.82, 2.24) is 5.32 Å². The van der Waals surface area contributed by atoms with Crippen molar-refractivity contribution in [2.24, 2.45) is 5.92 Å². The summed E-state index contributed by atoms with van der Waals surface area (Å²) in [5, 5.41) is 11.9. The monoisotopic (exact) mass is 333 g/mol. The van der Waals surface area contributed by atoms with Gasteiger partial charge in [0.05, 0.1) is 0 Å². The molecule has 0 saturated carbocycles. The number of carboxylic acid groups (broad SMARTS) is 1. The first-order chi connectivity index (χ1) is 11.6. The Bertz CT molecular complexity index is 511. The van der Waals surface area contributed by atoms with Crippen LogP contribution in [-0.4, -0.2) is 36.2 Å². The maximum Gasteiger partial charge on any atom is 0.303 e. The Hall–Kier alpha value is -1.88. The van der Waals surface area contributed by atoms with Gasteiger partial charge in [0.2, 0.25) is 5.91 Å². The van der Waals surface area contributed by atoms with Crippen LogP contribution in [0.3, 0.4) is 0 Å². The first-order valence-electron chi connectivity index (χ1n) is 8.76. The number of hydrogen-bond donors (Lipinski definition) is 2. The summed E-state index contributed by atoms with van der Waals surface area (Å²) in [6.45, 7) is 1.59. The molecule has 1 saturated heterocycles. The molecule has 2 rings (SSSR count). The van der Waals surface area contributed by atoms with Crippen molar-refractivity contribution in [3.8, 4) is 0 Å². The molecule has 5 nitrogen and oxygen atoms in total. The topological polar surface area (TPSA) is 75.6 Å². The van der Waals surface area contributed by atoms with Gasteiger partial charge in [0.1, 0.15) is 0 Å². The van der Waals surface area contributed by atoms with Crippen LogP contribution in [0.5, 0.6) is 0 Å². The van der Waals surface area contributed by atoms with E-state index in [0.717, 1.165) is 38.0 Å². The normalized spacial score (nSPS) is 16.5. The Morgan fingerprint density at radius 1 is 1.17 bits per heavy atom. The zero-order chi connectivity index (χ0) is 17.2. The molecule has 0 aromatic heterocycles. The van der Waals surface area contributed by atoms with Crippen LogP contribution in [0.25, 0.3) is 0 Å². The number of hydrogen-bond acceptors (Lipinski definition) is 3. The maximum atomic E-state index is 12.2.